The fourth-order valence-corrected chi connectivity index (χ4v) is 6.44. The van der Waals surface area contributed by atoms with E-state index in [9.17, 15) is 19.8 Å². The molecule has 1 fully saturated rings. The van der Waals surface area contributed by atoms with Crippen LogP contribution in [0, 0.1) is 11.3 Å². The Morgan fingerprint density at radius 1 is 1.03 bits per heavy atom. The molecule has 1 aromatic rings. The molecular formula is C32H53NO5. The minimum atomic E-state index is -1.18. The van der Waals surface area contributed by atoms with Gasteiger partial charge in [0.05, 0.1) is 0 Å². The molecule has 0 saturated carbocycles. The number of aromatic hydroxyl groups is 1. The van der Waals surface area contributed by atoms with Gasteiger partial charge in [-0.2, -0.15) is 0 Å². The van der Waals surface area contributed by atoms with Crippen LogP contribution >= 0.6 is 0 Å². The molecule has 2 atom stereocenters. The van der Waals surface area contributed by atoms with Crippen molar-refractivity contribution < 1.29 is 24.5 Å². The number of nitrogens with zero attached hydrogens (tertiary/aromatic N) is 1. The van der Waals surface area contributed by atoms with Crippen LogP contribution in [0.25, 0.3) is 0 Å². The Kier molecular flexibility index (Phi) is 9.15. The first-order valence-electron chi connectivity index (χ1n) is 14.1. The Hall–Kier alpha value is -2.08. The van der Waals surface area contributed by atoms with Gasteiger partial charge in [-0.15, -0.1) is 0 Å². The summed E-state index contributed by atoms with van der Waals surface area (Å²) in [6, 6.07) is 4.13. The third-order valence-electron chi connectivity index (χ3n) is 9.37. The van der Waals surface area contributed by atoms with Crippen LogP contribution in [0.5, 0.6) is 5.75 Å². The molecule has 1 heterocycles. The van der Waals surface area contributed by atoms with E-state index in [1.54, 1.807) is 0 Å². The highest BCUT2D eigenvalue weighted by Crippen LogP contribution is 2.54. The van der Waals surface area contributed by atoms with Gasteiger partial charge >= 0.3 is 11.9 Å². The van der Waals surface area contributed by atoms with E-state index >= 15 is 0 Å². The maximum absolute atomic E-state index is 13.1. The van der Waals surface area contributed by atoms with Crippen LogP contribution < -0.4 is 0 Å². The maximum atomic E-state index is 13.1. The summed E-state index contributed by atoms with van der Waals surface area (Å²) in [5.74, 6) is -1.55. The Bertz CT molecular complexity index is 992. The van der Waals surface area contributed by atoms with E-state index in [0.717, 1.165) is 36.1 Å². The van der Waals surface area contributed by atoms with Gasteiger partial charge in [0.1, 0.15) is 17.8 Å². The van der Waals surface area contributed by atoms with Gasteiger partial charge in [-0.25, -0.2) is 0 Å². The number of aliphatic carboxylic acids is 1. The second-order valence-electron chi connectivity index (χ2n) is 14.6. The number of phenols is 1. The lowest BCUT2D eigenvalue weighted by molar-refractivity contribution is -0.193. The van der Waals surface area contributed by atoms with Crippen LogP contribution in [-0.4, -0.2) is 51.8 Å². The molecule has 1 aromatic carbocycles. The Morgan fingerprint density at radius 3 is 1.95 bits per heavy atom. The second kappa shape index (κ2) is 10.8. The molecule has 1 saturated heterocycles. The second-order valence-corrected chi connectivity index (χ2v) is 14.6. The first-order valence-corrected chi connectivity index (χ1v) is 14.1. The third-order valence-corrected chi connectivity index (χ3v) is 9.37. The zero-order chi connectivity index (χ0) is 29.5. The Labute approximate surface area is 231 Å². The number of piperidine rings is 1. The van der Waals surface area contributed by atoms with Crippen LogP contribution in [0.1, 0.15) is 119 Å². The molecule has 1 aliphatic heterocycles. The molecule has 2 rings (SSSR count). The molecule has 0 aromatic heterocycles. The number of hydrogen-bond donors (Lipinski definition) is 2. The van der Waals surface area contributed by atoms with Crippen molar-refractivity contribution in [2.24, 2.45) is 11.3 Å². The number of carbonyl (C=O) groups is 2. The zero-order valence-electron chi connectivity index (χ0n) is 26.0. The van der Waals surface area contributed by atoms with Gasteiger partial charge in [0, 0.05) is 17.9 Å². The van der Waals surface area contributed by atoms with Crippen molar-refractivity contribution in [1.29, 1.82) is 0 Å². The van der Waals surface area contributed by atoms with Crippen molar-refractivity contribution in [1.82, 2.24) is 4.90 Å². The van der Waals surface area contributed by atoms with E-state index in [2.05, 4.69) is 100 Å². The lowest BCUT2D eigenvalue weighted by Gasteiger charge is -2.60. The topological polar surface area (TPSA) is 87.1 Å². The van der Waals surface area contributed by atoms with Gasteiger partial charge in [0.2, 0.25) is 0 Å². The van der Waals surface area contributed by atoms with Crippen LogP contribution in [0.3, 0.4) is 0 Å². The van der Waals surface area contributed by atoms with Gasteiger partial charge in [-0.05, 0) is 73.2 Å². The summed E-state index contributed by atoms with van der Waals surface area (Å²) in [4.78, 5) is 26.9. The van der Waals surface area contributed by atoms with E-state index < -0.39 is 24.0 Å². The molecule has 0 radical (unpaired) electrons. The molecule has 6 nitrogen and oxygen atoms in total. The van der Waals surface area contributed by atoms with E-state index in [1.807, 2.05) is 0 Å². The highest BCUT2D eigenvalue weighted by atomic mass is 16.6. The number of hydrogen-bond acceptors (Lipinski definition) is 5. The van der Waals surface area contributed by atoms with Crippen LogP contribution in [0.2, 0.25) is 0 Å². The Morgan fingerprint density at radius 2 is 1.53 bits per heavy atom. The SMILES string of the molecule is CCCC(Cc1cc(C(C)(C)C)c(O)c(C(C)(C)C)c1)(OC(=O)CC(=O)O)C1CCN(C)C(C)(C)C1(C)C. The number of esters is 1. The van der Waals surface area contributed by atoms with Gasteiger partial charge in [-0.1, -0.05) is 80.9 Å². The van der Waals surface area contributed by atoms with Crippen molar-refractivity contribution in [3.05, 3.63) is 28.8 Å². The number of rotatable bonds is 8. The molecule has 216 valence electrons. The summed E-state index contributed by atoms with van der Waals surface area (Å²) in [6.07, 6.45) is 2.07. The van der Waals surface area contributed by atoms with Crippen molar-refractivity contribution in [2.75, 3.05) is 13.6 Å². The standard InChI is InChI=1S/C32H53NO5/c1-13-15-32(38-26(36)19-25(34)35,24-14-16-33(12)31(10,11)30(24,8)9)20-21-17-22(28(2,3)4)27(37)23(18-21)29(5,6)7/h17-18,24,37H,13-16,19-20H2,1-12H3,(H,34,35). The van der Waals surface area contributed by atoms with Gasteiger partial charge < -0.3 is 19.8 Å². The first kappa shape index (κ1) is 32.1. The molecule has 2 unspecified atom stereocenters. The van der Waals surface area contributed by atoms with E-state index in [0.29, 0.717) is 18.6 Å². The minimum Gasteiger partial charge on any atom is -0.507 e. The molecular weight excluding hydrogens is 478 g/mol. The molecule has 0 bridgehead atoms. The van der Waals surface area contributed by atoms with Crippen molar-refractivity contribution in [3.63, 3.8) is 0 Å². The lowest BCUT2D eigenvalue weighted by atomic mass is 9.55. The van der Waals surface area contributed by atoms with Crippen LogP contribution in [-0.2, 0) is 31.6 Å². The largest absolute Gasteiger partial charge is 0.507 e. The van der Waals surface area contributed by atoms with Crippen molar-refractivity contribution >= 4 is 11.9 Å². The molecule has 38 heavy (non-hydrogen) atoms. The highest BCUT2D eigenvalue weighted by molar-refractivity contribution is 5.90. The van der Waals surface area contributed by atoms with E-state index in [1.165, 1.54) is 0 Å². The molecule has 0 amide bonds. The number of carbonyl (C=O) groups excluding carboxylic acids is 1. The number of carboxylic acid groups (broad SMARTS) is 1. The fraction of sp³-hybridized carbons (Fsp3) is 0.750. The summed E-state index contributed by atoms with van der Waals surface area (Å²) in [5, 5.41) is 20.7. The molecule has 6 heteroatoms. The molecule has 1 aliphatic rings. The summed E-state index contributed by atoms with van der Waals surface area (Å²) >= 11 is 0. The average molecular weight is 532 g/mol. The van der Waals surface area contributed by atoms with Crippen molar-refractivity contribution in [2.45, 2.75) is 130 Å². The third kappa shape index (κ3) is 6.38. The van der Waals surface area contributed by atoms with Crippen molar-refractivity contribution in [3.8, 4) is 5.75 Å². The molecule has 2 N–H and O–H groups in total. The number of likely N-dealkylation sites (tertiary alicyclic amines) is 1. The Balaban J connectivity index is 2.82. The summed E-state index contributed by atoms with van der Waals surface area (Å²) in [5.41, 5.74) is 0.859. The zero-order valence-corrected chi connectivity index (χ0v) is 26.0. The lowest BCUT2D eigenvalue weighted by Crippen LogP contribution is -2.65. The van der Waals surface area contributed by atoms with E-state index in [4.69, 9.17) is 4.74 Å². The fourth-order valence-electron chi connectivity index (χ4n) is 6.44. The number of carboxylic acids is 1. The van der Waals surface area contributed by atoms with Gasteiger partial charge in [-0.3, -0.25) is 9.59 Å². The predicted octanol–water partition coefficient (Wildman–Crippen LogP) is 6.84. The van der Waals surface area contributed by atoms with Gasteiger partial charge in [0.25, 0.3) is 0 Å². The number of phenolic OH excluding ortho intramolecular Hbond substituents is 1. The number of benzene rings is 1. The summed E-state index contributed by atoms with van der Waals surface area (Å²) < 4.78 is 6.38. The van der Waals surface area contributed by atoms with Crippen LogP contribution in [0.15, 0.2) is 12.1 Å². The molecule has 0 aliphatic carbocycles. The summed E-state index contributed by atoms with van der Waals surface area (Å²) in [6.45, 7) is 24.5. The monoisotopic (exact) mass is 531 g/mol. The van der Waals surface area contributed by atoms with Crippen LogP contribution in [0.4, 0.5) is 0 Å². The normalized spacial score (nSPS) is 21.5. The minimum absolute atomic E-state index is 0.00358. The number of ether oxygens (including phenoxy) is 1. The quantitative estimate of drug-likeness (QED) is 0.282. The van der Waals surface area contributed by atoms with Gasteiger partial charge in [0.15, 0.2) is 0 Å². The van der Waals surface area contributed by atoms with E-state index in [-0.39, 0.29) is 27.7 Å². The predicted molar refractivity (Wildman–Crippen MR) is 154 cm³/mol. The maximum Gasteiger partial charge on any atom is 0.317 e. The highest BCUT2D eigenvalue weighted by Gasteiger charge is 2.57. The average Bonchev–Trinajstić information content (AvgIpc) is 2.71. The molecule has 0 spiro atoms. The first-order chi connectivity index (χ1) is 17.1. The smallest absolute Gasteiger partial charge is 0.317 e. The summed E-state index contributed by atoms with van der Waals surface area (Å²) in [7, 11) is 2.14.